The Kier molecular flexibility index (Phi) is 4.88. The molecule has 0 atom stereocenters. The lowest BCUT2D eigenvalue weighted by Gasteiger charge is -2.02. The van der Waals surface area contributed by atoms with Crippen LogP contribution in [0.5, 0.6) is 5.75 Å². The number of fused-ring (bicyclic) bond motifs is 1. The van der Waals surface area contributed by atoms with Gasteiger partial charge in [0.05, 0.1) is 19.2 Å². The first-order valence-corrected chi connectivity index (χ1v) is 9.87. The Bertz CT molecular complexity index is 1150. The molecule has 0 radical (unpaired) electrons. The number of methoxy groups -OCH3 is 1. The summed E-state index contributed by atoms with van der Waals surface area (Å²) in [5.41, 5.74) is 5.15. The zero-order valence-electron chi connectivity index (χ0n) is 16.0. The van der Waals surface area contributed by atoms with E-state index in [-0.39, 0.29) is 5.91 Å². The number of aryl methyl sites for hydroxylation is 1. The van der Waals surface area contributed by atoms with Crippen molar-refractivity contribution in [1.82, 2.24) is 9.55 Å². The summed E-state index contributed by atoms with van der Waals surface area (Å²) in [6, 6.07) is 15.7. The van der Waals surface area contributed by atoms with E-state index in [1.54, 1.807) is 7.11 Å². The average Bonchev–Trinajstić information content (AvgIpc) is 3.24. The van der Waals surface area contributed by atoms with Crippen molar-refractivity contribution in [2.24, 2.45) is 7.05 Å². The van der Waals surface area contributed by atoms with Gasteiger partial charge in [-0.3, -0.25) is 4.79 Å². The molecule has 4 aromatic rings. The summed E-state index contributed by atoms with van der Waals surface area (Å²) in [7, 11) is 3.71. The zero-order chi connectivity index (χ0) is 19.7. The highest BCUT2D eigenvalue weighted by atomic mass is 32.1. The molecule has 2 aromatic carbocycles. The fraction of sp³-hybridized carbons (Fsp3) is 0.182. The van der Waals surface area contributed by atoms with Crippen molar-refractivity contribution < 1.29 is 9.53 Å². The quantitative estimate of drug-likeness (QED) is 0.532. The molecule has 4 rings (SSSR count). The van der Waals surface area contributed by atoms with E-state index >= 15 is 0 Å². The Labute approximate surface area is 167 Å². The first-order chi connectivity index (χ1) is 13.6. The molecule has 0 saturated carbocycles. The number of rotatable bonds is 5. The molecule has 0 aliphatic carbocycles. The largest absolute Gasteiger partial charge is 0.497 e. The van der Waals surface area contributed by atoms with Crippen LogP contribution >= 0.6 is 11.3 Å². The molecule has 0 aliphatic rings. The van der Waals surface area contributed by atoms with Gasteiger partial charge in [0.15, 0.2) is 5.13 Å². The lowest BCUT2D eigenvalue weighted by atomic mass is 10.1. The van der Waals surface area contributed by atoms with Crippen LogP contribution in [0, 0.1) is 6.92 Å². The molecular formula is C22H21N3O2S. The molecule has 0 aliphatic heterocycles. The standard InChI is InChI=1S/C22H21N3O2S/c1-14-21(17-12-16(27-3)9-10-19(17)25(14)2)18-13-28-22(23-18)24-20(26)11-15-7-5-4-6-8-15/h4-10,12-13H,11H2,1-3H3,(H,23,24,26). The lowest BCUT2D eigenvalue weighted by molar-refractivity contribution is -0.115. The van der Waals surface area contributed by atoms with Gasteiger partial charge < -0.3 is 14.6 Å². The third-order valence-corrected chi connectivity index (χ3v) is 5.67. The van der Waals surface area contributed by atoms with Gasteiger partial charge in [-0.25, -0.2) is 4.98 Å². The molecule has 2 heterocycles. The molecule has 1 amide bonds. The fourth-order valence-electron chi connectivity index (χ4n) is 3.39. The molecule has 0 saturated heterocycles. The van der Waals surface area contributed by atoms with Crippen molar-refractivity contribution in [3.63, 3.8) is 0 Å². The topological polar surface area (TPSA) is 56.1 Å². The number of nitrogens with one attached hydrogen (secondary N) is 1. The van der Waals surface area contributed by atoms with Crippen molar-refractivity contribution in [2.75, 3.05) is 12.4 Å². The smallest absolute Gasteiger partial charge is 0.230 e. The molecule has 0 bridgehead atoms. The Balaban J connectivity index is 1.62. The van der Waals surface area contributed by atoms with Gasteiger partial charge >= 0.3 is 0 Å². The van der Waals surface area contributed by atoms with Crippen LogP contribution < -0.4 is 10.1 Å². The minimum atomic E-state index is -0.0663. The SMILES string of the molecule is COc1ccc2c(c1)c(-c1csc(NC(=O)Cc3ccccc3)n1)c(C)n2C. The number of nitrogens with zero attached hydrogens (tertiary/aromatic N) is 2. The molecule has 2 aromatic heterocycles. The maximum Gasteiger partial charge on any atom is 0.230 e. The van der Waals surface area contributed by atoms with E-state index in [4.69, 9.17) is 4.74 Å². The maximum atomic E-state index is 12.3. The molecule has 6 heteroatoms. The van der Waals surface area contributed by atoms with Gasteiger partial charge in [0.2, 0.25) is 5.91 Å². The number of hydrogen-bond donors (Lipinski definition) is 1. The highest BCUT2D eigenvalue weighted by Crippen LogP contribution is 2.37. The van der Waals surface area contributed by atoms with Crippen molar-refractivity contribution in [2.45, 2.75) is 13.3 Å². The second kappa shape index (κ2) is 7.48. The van der Waals surface area contributed by atoms with E-state index in [9.17, 15) is 4.79 Å². The summed E-state index contributed by atoms with van der Waals surface area (Å²) in [4.78, 5) is 17.0. The number of ether oxygens (including phenoxy) is 1. The Morgan fingerprint density at radius 1 is 1.21 bits per heavy atom. The van der Waals surface area contributed by atoms with Crippen LogP contribution in [0.25, 0.3) is 22.2 Å². The van der Waals surface area contributed by atoms with Crippen LogP contribution in [0.1, 0.15) is 11.3 Å². The molecule has 142 valence electrons. The minimum absolute atomic E-state index is 0.0663. The van der Waals surface area contributed by atoms with E-state index < -0.39 is 0 Å². The number of anilines is 1. The van der Waals surface area contributed by atoms with E-state index in [2.05, 4.69) is 27.9 Å². The number of carbonyl (C=O) groups excluding carboxylic acids is 1. The second-order valence-electron chi connectivity index (χ2n) is 6.65. The number of amides is 1. The van der Waals surface area contributed by atoms with Crippen LogP contribution in [-0.4, -0.2) is 22.6 Å². The molecule has 28 heavy (non-hydrogen) atoms. The first kappa shape index (κ1) is 18.3. The summed E-state index contributed by atoms with van der Waals surface area (Å²) < 4.78 is 7.54. The van der Waals surface area contributed by atoms with Crippen molar-refractivity contribution in [1.29, 1.82) is 0 Å². The molecule has 1 N–H and O–H groups in total. The molecule has 0 unspecified atom stereocenters. The number of hydrogen-bond acceptors (Lipinski definition) is 4. The highest BCUT2D eigenvalue weighted by Gasteiger charge is 2.17. The summed E-state index contributed by atoms with van der Waals surface area (Å²) >= 11 is 1.44. The first-order valence-electron chi connectivity index (χ1n) is 8.99. The lowest BCUT2D eigenvalue weighted by Crippen LogP contribution is -2.14. The van der Waals surface area contributed by atoms with E-state index in [0.717, 1.165) is 39.2 Å². The summed E-state index contributed by atoms with van der Waals surface area (Å²) in [6.07, 6.45) is 0.334. The summed E-state index contributed by atoms with van der Waals surface area (Å²) in [5, 5.41) is 6.60. The van der Waals surface area contributed by atoms with Gasteiger partial charge in [-0.1, -0.05) is 30.3 Å². The average molecular weight is 391 g/mol. The normalized spacial score (nSPS) is 11.0. The molecule has 5 nitrogen and oxygen atoms in total. The number of benzene rings is 2. The third-order valence-electron chi connectivity index (χ3n) is 4.91. The highest BCUT2D eigenvalue weighted by molar-refractivity contribution is 7.14. The Hall–Kier alpha value is -3.12. The molecular weight excluding hydrogens is 370 g/mol. The van der Waals surface area contributed by atoms with Crippen molar-refractivity contribution in [3.8, 4) is 17.0 Å². The fourth-order valence-corrected chi connectivity index (χ4v) is 4.11. The van der Waals surface area contributed by atoms with Crippen molar-refractivity contribution >= 4 is 33.3 Å². The van der Waals surface area contributed by atoms with Crippen LogP contribution in [0.4, 0.5) is 5.13 Å². The Morgan fingerprint density at radius 3 is 2.75 bits per heavy atom. The van der Waals surface area contributed by atoms with E-state index in [1.165, 1.54) is 11.3 Å². The maximum absolute atomic E-state index is 12.3. The van der Waals surface area contributed by atoms with Gasteiger partial charge in [-0.2, -0.15) is 0 Å². The third kappa shape index (κ3) is 3.39. The van der Waals surface area contributed by atoms with Crippen LogP contribution in [0.3, 0.4) is 0 Å². The van der Waals surface area contributed by atoms with Crippen LogP contribution in [0.2, 0.25) is 0 Å². The van der Waals surface area contributed by atoms with Gasteiger partial charge in [0.25, 0.3) is 0 Å². The van der Waals surface area contributed by atoms with E-state index in [1.807, 2.05) is 54.9 Å². The summed E-state index contributed by atoms with van der Waals surface area (Å²) in [6.45, 7) is 2.08. The predicted octanol–water partition coefficient (Wildman–Crippen LogP) is 4.80. The monoisotopic (exact) mass is 391 g/mol. The predicted molar refractivity (Wildman–Crippen MR) is 114 cm³/mol. The summed E-state index contributed by atoms with van der Waals surface area (Å²) in [5.74, 6) is 0.745. The molecule has 0 fully saturated rings. The number of thiazole rings is 1. The molecule has 0 spiro atoms. The number of aromatic nitrogens is 2. The van der Waals surface area contributed by atoms with Crippen molar-refractivity contribution in [3.05, 3.63) is 65.2 Å². The Morgan fingerprint density at radius 2 is 2.00 bits per heavy atom. The van der Waals surface area contributed by atoms with Gasteiger partial charge in [-0.05, 0) is 30.7 Å². The second-order valence-corrected chi connectivity index (χ2v) is 7.51. The van der Waals surface area contributed by atoms with Gasteiger partial charge in [0.1, 0.15) is 5.75 Å². The zero-order valence-corrected chi connectivity index (χ0v) is 16.8. The van der Waals surface area contributed by atoms with Gasteiger partial charge in [-0.15, -0.1) is 11.3 Å². The van der Waals surface area contributed by atoms with Gasteiger partial charge in [0, 0.05) is 34.6 Å². The van der Waals surface area contributed by atoms with Crippen LogP contribution in [0.15, 0.2) is 53.9 Å². The van der Waals surface area contributed by atoms with Crippen LogP contribution in [-0.2, 0) is 18.3 Å². The van der Waals surface area contributed by atoms with E-state index in [0.29, 0.717) is 11.6 Å². The number of carbonyl (C=O) groups is 1. The minimum Gasteiger partial charge on any atom is -0.497 e.